The summed E-state index contributed by atoms with van der Waals surface area (Å²) in [6.07, 6.45) is 2.60. The third-order valence-electron chi connectivity index (χ3n) is 1.17. The minimum Gasteiger partial charge on any atom is -0.496 e. The molecular formula is C7H7NO3. The molecular weight excluding hydrogens is 146 g/mol. The topological polar surface area (TPSA) is 59.4 Å². The van der Waals surface area contributed by atoms with Crippen LogP contribution in [-0.4, -0.2) is 23.1 Å². The molecule has 1 aromatic rings. The van der Waals surface area contributed by atoms with Crippen molar-refractivity contribution in [2.24, 2.45) is 0 Å². The lowest BCUT2D eigenvalue weighted by atomic mass is 10.3. The standard InChI is InChI=1S/C7H7NO3/c1-11-6-2-3-8-4-5(6)7(9)10/h2-4H,1H3,(H,9,10)/i1D. The number of ether oxygens (including phenoxy) is 1. The number of aromatic carboxylic acids is 1. The highest BCUT2D eigenvalue weighted by atomic mass is 16.5. The van der Waals surface area contributed by atoms with Gasteiger partial charge in [-0.3, -0.25) is 4.98 Å². The lowest BCUT2D eigenvalue weighted by molar-refractivity contribution is 0.0693. The van der Waals surface area contributed by atoms with Gasteiger partial charge in [-0.25, -0.2) is 4.79 Å². The van der Waals surface area contributed by atoms with Crippen molar-refractivity contribution in [2.45, 2.75) is 0 Å². The summed E-state index contributed by atoms with van der Waals surface area (Å²) < 4.78 is 11.5. The second-order valence-electron chi connectivity index (χ2n) is 1.82. The van der Waals surface area contributed by atoms with Crippen LogP contribution in [0.2, 0.25) is 0 Å². The second kappa shape index (κ2) is 3.01. The van der Waals surface area contributed by atoms with Gasteiger partial charge in [0.05, 0.1) is 8.46 Å². The first-order valence-corrected chi connectivity index (χ1v) is 2.85. The van der Waals surface area contributed by atoms with Gasteiger partial charge in [0.2, 0.25) is 0 Å². The van der Waals surface area contributed by atoms with Crippen molar-refractivity contribution in [3.8, 4) is 5.75 Å². The average molecular weight is 154 g/mol. The molecule has 1 rings (SSSR count). The number of carboxylic acids is 1. The minimum absolute atomic E-state index is 0.0234. The Bertz CT molecular complexity index is 290. The van der Waals surface area contributed by atoms with Gasteiger partial charge < -0.3 is 9.84 Å². The van der Waals surface area contributed by atoms with Gasteiger partial charge in [-0.2, -0.15) is 0 Å². The lowest BCUT2D eigenvalue weighted by Gasteiger charge is -2.01. The van der Waals surface area contributed by atoms with Crippen LogP contribution in [0.1, 0.15) is 11.7 Å². The minimum atomic E-state index is -1.11. The van der Waals surface area contributed by atoms with E-state index in [4.69, 9.17) is 11.2 Å². The van der Waals surface area contributed by atoms with Crippen LogP contribution in [0.4, 0.5) is 0 Å². The molecule has 1 heterocycles. The van der Waals surface area contributed by atoms with Crippen LogP contribution in [0.5, 0.6) is 5.75 Å². The van der Waals surface area contributed by atoms with E-state index in [-0.39, 0.29) is 18.4 Å². The van der Waals surface area contributed by atoms with Crippen LogP contribution < -0.4 is 4.74 Å². The fourth-order valence-electron chi connectivity index (χ4n) is 0.668. The molecule has 11 heavy (non-hydrogen) atoms. The Morgan fingerprint density at radius 1 is 1.91 bits per heavy atom. The zero-order chi connectivity index (χ0) is 8.97. The van der Waals surface area contributed by atoms with Crippen molar-refractivity contribution in [3.05, 3.63) is 24.0 Å². The fourth-order valence-corrected chi connectivity index (χ4v) is 0.668. The molecule has 1 N–H and O–H groups in total. The Balaban J connectivity index is 3.00. The number of carboxylic acid groups (broad SMARTS) is 1. The van der Waals surface area contributed by atoms with Gasteiger partial charge in [-0.05, 0) is 6.07 Å². The van der Waals surface area contributed by atoms with Crippen molar-refractivity contribution in [1.82, 2.24) is 4.98 Å². The van der Waals surface area contributed by atoms with Gasteiger partial charge in [-0.15, -0.1) is 0 Å². The number of carbonyl (C=O) groups is 1. The highest BCUT2D eigenvalue weighted by Crippen LogP contribution is 2.14. The molecule has 0 aliphatic heterocycles. The number of hydrogen-bond acceptors (Lipinski definition) is 3. The first-order valence-electron chi connectivity index (χ1n) is 3.55. The summed E-state index contributed by atoms with van der Waals surface area (Å²) >= 11 is 0. The highest BCUT2D eigenvalue weighted by Gasteiger charge is 2.08. The molecule has 0 aliphatic carbocycles. The van der Waals surface area contributed by atoms with Crippen LogP contribution in [0.15, 0.2) is 18.5 Å². The zero-order valence-corrected chi connectivity index (χ0v) is 5.65. The normalized spacial score (nSPS) is 10.4. The van der Waals surface area contributed by atoms with E-state index in [1.807, 2.05) is 0 Å². The summed E-state index contributed by atoms with van der Waals surface area (Å²) in [5.41, 5.74) is -0.0234. The summed E-state index contributed by atoms with van der Waals surface area (Å²) in [6, 6.07) is 1.41. The predicted octanol–water partition coefficient (Wildman–Crippen LogP) is 0.788. The van der Waals surface area contributed by atoms with Gasteiger partial charge in [0.15, 0.2) is 0 Å². The average Bonchev–Trinajstić information content (AvgIpc) is 2.05. The number of aromatic nitrogens is 1. The van der Waals surface area contributed by atoms with Crippen LogP contribution in [0.3, 0.4) is 0 Å². The molecule has 0 atom stereocenters. The number of methoxy groups -OCH3 is 1. The summed E-state index contributed by atoms with van der Waals surface area (Å²) in [5.74, 6) is -0.931. The van der Waals surface area contributed by atoms with Crippen LogP contribution in [-0.2, 0) is 0 Å². The molecule has 4 heteroatoms. The van der Waals surface area contributed by atoms with E-state index in [0.29, 0.717) is 0 Å². The molecule has 0 saturated heterocycles. The van der Waals surface area contributed by atoms with Gasteiger partial charge in [-0.1, -0.05) is 0 Å². The Morgan fingerprint density at radius 2 is 2.73 bits per heavy atom. The monoisotopic (exact) mass is 154 g/mol. The Morgan fingerprint density at radius 3 is 3.36 bits per heavy atom. The van der Waals surface area contributed by atoms with Crippen molar-refractivity contribution in [3.63, 3.8) is 0 Å². The molecule has 0 aliphatic rings. The molecule has 58 valence electrons. The van der Waals surface area contributed by atoms with E-state index in [1.54, 1.807) is 0 Å². The molecule has 0 bridgehead atoms. The number of pyridine rings is 1. The van der Waals surface area contributed by atoms with Crippen molar-refractivity contribution in [2.75, 3.05) is 7.09 Å². The van der Waals surface area contributed by atoms with E-state index in [0.717, 1.165) is 0 Å². The van der Waals surface area contributed by atoms with E-state index in [9.17, 15) is 4.79 Å². The molecule has 0 radical (unpaired) electrons. The maximum absolute atomic E-state index is 10.5. The Labute approximate surface area is 64.9 Å². The maximum Gasteiger partial charge on any atom is 0.341 e. The molecule has 1 aromatic heterocycles. The van der Waals surface area contributed by atoms with Crippen LogP contribution in [0.25, 0.3) is 0 Å². The number of nitrogens with zero attached hydrogens (tertiary/aromatic N) is 1. The molecule has 0 fully saturated rings. The summed E-state index contributed by atoms with van der Waals surface area (Å²) in [6.45, 7) is 0. The van der Waals surface area contributed by atoms with Gasteiger partial charge in [0, 0.05) is 12.4 Å². The molecule has 4 nitrogen and oxygen atoms in total. The first-order chi connectivity index (χ1) is 5.75. The zero-order valence-electron chi connectivity index (χ0n) is 6.65. The van der Waals surface area contributed by atoms with Gasteiger partial charge >= 0.3 is 5.97 Å². The molecule has 0 amide bonds. The van der Waals surface area contributed by atoms with Gasteiger partial charge in [0.1, 0.15) is 11.3 Å². The quantitative estimate of drug-likeness (QED) is 0.684. The van der Waals surface area contributed by atoms with E-state index >= 15 is 0 Å². The number of rotatable bonds is 2. The van der Waals surface area contributed by atoms with E-state index < -0.39 is 5.97 Å². The molecule has 0 saturated carbocycles. The molecule has 0 spiro atoms. The summed E-state index contributed by atoms with van der Waals surface area (Å²) in [4.78, 5) is 14.1. The Kier molecular flexibility index (Phi) is 1.68. The summed E-state index contributed by atoms with van der Waals surface area (Å²) in [7, 11) is -0.301. The van der Waals surface area contributed by atoms with Crippen molar-refractivity contribution >= 4 is 5.97 Å². The third-order valence-corrected chi connectivity index (χ3v) is 1.17. The van der Waals surface area contributed by atoms with Gasteiger partial charge in [0.25, 0.3) is 0 Å². The van der Waals surface area contributed by atoms with E-state index in [2.05, 4.69) is 4.98 Å². The smallest absolute Gasteiger partial charge is 0.341 e. The fraction of sp³-hybridized carbons (Fsp3) is 0.143. The Hall–Kier alpha value is -1.58. The summed E-state index contributed by atoms with van der Waals surface area (Å²) in [5, 5.41) is 8.61. The van der Waals surface area contributed by atoms with Crippen molar-refractivity contribution in [1.29, 1.82) is 0 Å². The van der Waals surface area contributed by atoms with Crippen LogP contribution in [0, 0.1) is 0 Å². The first kappa shape index (κ1) is 6.15. The maximum atomic E-state index is 10.5. The highest BCUT2D eigenvalue weighted by molar-refractivity contribution is 5.90. The molecule has 0 aromatic carbocycles. The predicted molar refractivity (Wildman–Crippen MR) is 37.7 cm³/mol. The molecule has 0 unspecified atom stereocenters. The lowest BCUT2D eigenvalue weighted by Crippen LogP contribution is -2.00. The SMILES string of the molecule is [2H]COc1ccncc1C(=O)O. The number of hydrogen-bond donors (Lipinski definition) is 1. The second-order valence-corrected chi connectivity index (χ2v) is 1.82. The largest absolute Gasteiger partial charge is 0.496 e. The van der Waals surface area contributed by atoms with E-state index in [1.165, 1.54) is 18.5 Å². The van der Waals surface area contributed by atoms with Crippen molar-refractivity contribution < 1.29 is 16.0 Å². The third kappa shape index (κ3) is 1.46. The van der Waals surface area contributed by atoms with Crippen LogP contribution >= 0.6 is 0 Å².